The van der Waals surface area contributed by atoms with E-state index in [9.17, 15) is 18.0 Å². The molecule has 1 heterocycles. The van der Waals surface area contributed by atoms with Crippen LogP contribution in [0.25, 0.3) is 0 Å². The van der Waals surface area contributed by atoms with E-state index >= 15 is 0 Å². The fourth-order valence-corrected chi connectivity index (χ4v) is 3.50. The number of amides is 1. The zero-order chi connectivity index (χ0) is 18.7. The predicted molar refractivity (Wildman–Crippen MR) is 94.8 cm³/mol. The Morgan fingerprint density at radius 3 is 2.31 bits per heavy atom. The number of nitrogens with one attached hydrogen (secondary N) is 1. The molecule has 2 fully saturated rings. The van der Waals surface area contributed by atoms with Crippen LogP contribution in [0.5, 0.6) is 0 Å². The van der Waals surface area contributed by atoms with Crippen molar-refractivity contribution in [1.29, 1.82) is 0 Å². The first-order valence-electron chi connectivity index (χ1n) is 9.51. The van der Waals surface area contributed by atoms with Crippen LogP contribution in [0, 0.1) is 5.92 Å². The van der Waals surface area contributed by atoms with Gasteiger partial charge in [0, 0.05) is 25.6 Å². The fourth-order valence-electron chi connectivity index (χ4n) is 3.50. The van der Waals surface area contributed by atoms with E-state index in [1.807, 2.05) is 11.8 Å². The van der Waals surface area contributed by atoms with Crippen LogP contribution in [0.2, 0.25) is 0 Å². The van der Waals surface area contributed by atoms with Gasteiger partial charge in [-0.15, -0.1) is 0 Å². The number of rotatable bonds is 6. The molecule has 144 valence electrons. The highest BCUT2D eigenvalue weighted by Crippen LogP contribution is 2.31. The van der Waals surface area contributed by atoms with Crippen LogP contribution in [0.1, 0.15) is 56.1 Å². The third kappa shape index (κ3) is 5.22. The SMILES string of the molecule is CC(CC(=O)N1CCC(NCC2CC2)CC1)c1ccc(C(F)(F)F)cc1. The molecule has 2 aliphatic rings. The molecule has 1 saturated heterocycles. The summed E-state index contributed by atoms with van der Waals surface area (Å²) in [6.45, 7) is 4.52. The van der Waals surface area contributed by atoms with Gasteiger partial charge >= 0.3 is 6.18 Å². The lowest BCUT2D eigenvalue weighted by atomic mass is 9.95. The molecule has 1 atom stereocenters. The highest BCUT2D eigenvalue weighted by Gasteiger charge is 2.30. The summed E-state index contributed by atoms with van der Waals surface area (Å²) in [6, 6.07) is 5.65. The molecule has 0 bridgehead atoms. The Morgan fingerprint density at radius 2 is 1.77 bits per heavy atom. The van der Waals surface area contributed by atoms with Crippen LogP contribution in [0.15, 0.2) is 24.3 Å². The van der Waals surface area contributed by atoms with Crippen LogP contribution in [-0.4, -0.2) is 36.5 Å². The molecule has 3 nitrogen and oxygen atoms in total. The van der Waals surface area contributed by atoms with Gasteiger partial charge in [0.2, 0.25) is 5.91 Å². The van der Waals surface area contributed by atoms with E-state index in [-0.39, 0.29) is 11.8 Å². The van der Waals surface area contributed by atoms with Crippen molar-refractivity contribution in [1.82, 2.24) is 10.2 Å². The van der Waals surface area contributed by atoms with Crippen molar-refractivity contribution >= 4 is 5.91 Å². The quantitative estimate of drug-likeness (QED) is 0.817. The maximum atomic E-state index is 12.6. The van der Waals surface area contributed by atoms with E-state index in [1.165, 1.54) is 25.0 Å². The highest BCUT2D eigenvalue weighted by atomic mass is 19.4. The lowest BCUT2D eigenvalue weighted by Crippen LogP contribution is -2.45. The molecule has 1 aromatic rings. The number of nitrogens with zero attached hydrogens (tertiary/aromatic N) is 1. The summed E-state index contributed by atoms with van der Waals surface area (Å²) in [6.07, 6.45) is 0.652. The minimum Gasteiger partial charge on any atom is -0.343 e. The Morgan fingerprint density at radius 1 is 1.15 bits per heavy atom. The molecule has 1 aromatic carbocycles. The summed E-state index contributed by atoms with van der Waals surface area (Å²) in [5, 5.41) is 3.60. The lowest BCUT2D eigenvalue weighted by Gasteiger charge is -2.33. The van der Waals surface area contributed by atoms with E-state index < -0.39 is 11.7 Å². The smallest absolute Gasteiger partial charge is 0.343 e. The lowest BCUT2D eigenvalue weighted by molar-refractivity contribution is -0.137. The number of piperidine rings is 1. The first-order valence-corrected chi connectivity index (χ1v) is 9.51. The van der Waals surface area contributed by atoms with Gasteiger partial charge in [-0.05, 0) is 61.8 Å². The average molecular weight is 368 g/mol. The first kappa shape index (κ1) is 19.2. The molecule has 1 aliphatic heterocycles. The molecule has 1 aliphatic carbocycles. The second kappa shape index (κ2) is 7.99. The second-order valence-corrected chi connectivity index (χ2v) is 7.73. The normalized spacial score (nSPS) is 20.2. The van der Waals surface area contributed by atoms with E-state index in [1.54, 1.807) is 0 Å². The third-order valence-corrected chi connectivity index (χ3v) is 5.53. The van der Waals surface area contributed by atoms with Crippen molar-refractivity contribution in [2.45, 2.75) is 57.2 Å². The van der Waals surface area contributed by atoms with E-state index in [2.05, 4.69) is 5.32 Å². The maximum Gasteiger partial charge on any atom is 0.416 e. The molecule has 3 rings (SSSR count). The molecular weight excluding hydrogens is 341 g/mol. The van der Waals surface area contributed by atoms with Gasteiger partial charge in [-0.3, -0.25) is 4.79 Å². The monoisotopic (exact) mass is 368 g/mol. The predicted octanol–water partition coefficient (Wildman–Crippen LogP) is 4.19. The Kier molecular flexibility index (Phi) is 5.90. The Balaban J connectivity index is 1.45. The number of benzene rings is 1. The molecule has 1 unspecified atom stereocenters. The van der Waals surface area contributed by atoms with Crippen LogP contribution in [0.3, 0.4) is 0 Å². The average Bonchev–Trinajstić information content (AvgIpc) is 3.44. The van der Waals surface area contributed by atoms with Gasteiger partial charge in [-0.2, -0.15) is 13.2 Å². The molecule has 0 radical (unpaired) electrons. The maximum absolute atomic E-state index is 12.6. The van der Waals surface area contributed by atoms with Crippen molar-refractivity contribution < 1.29 is 18.0 Å². The number of alkyl halides is 3. The summed E-state index contributed by atoms with van der Waals surface area (Å²) in [5.41, 5.74) is 0.118. The number of carbonyl (C=O) groups excluding carboxylic acids is 1. The summed E-state index contributed by atoms with van der Waals surface area (Å²) in [7, 11) is 0. The molecule has 0 spiro atoms. The number of hydrogen-bond acceptors (Lipinski definition) is 2. The number of likely N-dealkylation sites (tertiary alicyclic amines) is 1. The van der Waals surface area contributed by atoms with Gasteiger partial charge < -0.3 is 10.2 Å². The van der Waals surface area contributed by atoms with Crippen LogP contribution in [-0.2, 0) is 11.0 Å². The van der Waals surface area contributed by atoms with Gasteiger partial charge in [0.15, 0.2) is 0 Å². The largest absolute Gasteiger partial charge is 0.416 e. The number of halogens is 3. The standard InChI is InChI=1S/C20H27F3N2O/c1-14(16-4-6-17(7-5-16)20(21,22)23)12-19(26)25-10-8-18(9-11-25)24-13-15-2-3-15/h4-7,14-15,18,24H,2-3,8-13H2,1H3. The zero-order valence-electron chi connectivity index (χ0n) is 15.2. The molecule has 0 aromatic heterocycles. The van der Waals surface area contributed by atoms with Crippen LogP contribution in [0.4, 0.5) is 13.2 Å². The minimum absolute atomic E-state index is 0.0875. The molecular formula is C20H27F3N2O. The summed E-state index contributed by atoms with van der Waals surface area (Å²) >= 11 is 0. The molecule has 1 saturated carbocycles. The summed E-state index contributed by atoms with van der Waals surface area (Å²) in [4.78, 5) is 14.4. The van der Waals surface area contributed by atoms with E-state index in [0.717, 1.165) is 56.1 Å². The first-order chi connectivity index (χ1) is 12.3. The van der Waals surface area contributed by atoms with Gasteiger partial charge in [0.1, 0.15) is 0 Å². The highest BCUT2D eigenvalue weighted by molar-refractivity contribution is 5.77. The van der Waals surface area contributed by atoms with Crippen molar-refractivity contribution in [3.8, 4) is 0 Å². The molecule has 6 heteroatoms. The van der Waals surface area contributed by atoms with Crippen molar-refractivity contribution in [3.63, 3.8) is 0 Å². The van der Waals surface area contributed by atoms with Gasteiger partial charge in [0.25, 0.3) is 0 Å². The van der Waals surface area contributed by atoms with E-state index in [0.29, 0.717) is 12.5 Å². The Labute approximate surface area is 152 Å². The Bertz CT molecular complexity index is 602. The minimum atomic E-state index is -4.32. The topological polar surface area (TPSA) is 32.3 Å². The summed E-state index contributed by atoms with van der Waals surface area (Å²) in [5.74, 6) is 0.868. The van der Waals surface area contributed by atoms with Crippen molar-refractivity contribution in [2.75, 3.05) is 19.6 Å². The summed E-state index contributed by atoms with van der Waals surface area (Å²) < 4.78 is 37.9. The Hall–Kier alpha value is -1.56. The van der Waals surface area contributed by atoms with Crippen LogP contribution >= 0.6 is 0 Å². The fraction of sp³-hybridized carbons (Fsp3) is 0.650. The van der Waals surface area contributed by atoms with Gasteiger partial charge in [0.05, 0.1) is 5.56 Å². The molecule has 26 heavy (non-hydrogen) atoms. The third-order valence-electron chi connectivity index (χ3n) is 5.53. The van der Waals surface area contributed by atoms with Gasteiger partial charge in [-0.25, -0.2) is 0 Å². The second-order valence-electron chi connectivity index (χ2n) is 7.73. The van der Waals surface area contributed by atoms with Crippen molar-refractivity contribution in [3.05, 3.63) is 35.4 Å². The number of hydrogen-bond donors (Lipinski definition) is 1. The zero-order valence-corrected chi connectivity index (χ0v) is 15.2. The van der Waals surface area contributed by atoms with Crippen LogP contribution < -0.4 is 5.32 Å². The van der Waals surface area contributed by atoms with E-state index in [4.69, 9.17) is 0 Å². The van der Waals surface area contributed by atoms with Gasteiger partial charge in [-0.1, -0.05) is 19.1 Å². The number of carbonyl (C=O) groups is 1. The van der Waals surface area contributed by atoms with Crippen molar-refractivity contribution in [2.24, 2.45) is 5.92 Å². The molecule has 1 amide bonds. The molecule has 1 N–H and O–H groups in total.